The van der Waals surface area contributed by atoms with E-state index in [9.17, 15) is 0 Å². The first-order valence-electron chi connectivity index (χ1n) is 6.17. The quantitative estimate of drug-likeness (QED) is 0.883. The molecule has 0 heterocycles. The molecule has 2 aromatic carbocycles. The van der Waals surface area contributed by atoms with Crippen LogP contribution in [0.25, 0.3) is 0 Å². The van der Waals surface area contributed by atoms with Crippen molar-refractivity contribution in [3.8, 4) is 6.07 Å². The van der Waals surface area contributed by atoms with Crippen molar-refractivity contribution in [2.24, 2.45) is 0 Å². The number of nitrogens with zero attached hydrogens (tertiary/aromatic N) is 1. The van der Waals surface area contributed by atoms with Crippen molar-refractivity contribution in [1.82, 2.24) is 0 Å². The summed E-state index contributed by atoms with van der Waals surface area (Å²) in [6.45, 7) is 2.09. The molecule has 19 heavy (non-hydrogen) atoms. The van der Waals surface area contributed by atoms with E-state index in [1.807, 2.05) is 48.5 Å². The Morgan fingerprint density at radius 3 is 2.58 bits per heavy atom. The first-order valence-corrected chi connectivity index (χ1v) is 6.55. The van der Waals surface area contributed by atoms with E-state index in [0.717, 1.165) is 21.8 Å². The van der Waals surface area contributed by atoms with Crippen LogP contribution in [-0.2, 0) is 6.42 Å². The molecule has 0 bridgehead atoms. The SMILES string of the molecule is CC(Nc1ccc(CC#N)cc1)c1cccc(Cl)c1. The molecule has 0 aromatic heterocycles. The van der Waals surface area contributed by atoms with Crippen molar-refractivity contribution >= 4 is 17.3 Å². The van der Waals surface area contributed by atoms with E-state index in [0.29, 0.717) is 6.42 Å². The Morgan fingerprint density at radius 2 is 1.95 bits per heavy atom. The maximum atomic E-state index is 8.63. The van der Waals surface area contributed by atoms with Crippen molar-refractivity contribution in [2.75, 3.05) is 5.32 Å². The molecule has 96 valence electrons. The molecule has 0 saturated heterocycles. The second kappa shape index (κ2) is 6.26. The first kappa shape index (κ1) is 13.5. The molecular formula is C16H15ClN2. The van der Waals surface area contributed by atoms with Crippen molar-refractivity contribution < 1.29 is 0 Å². The highest BCUT2D eigenvalue weighted by atomic mass is 35.5. The van der Waals surface area contributed by atoms with Crippen molar-refractivity contribution in [3.05, 3.63) is 64.7 Å². The number of anilines is 1. The normalized spacial score (nSPS) is 11.6. The molecule has 0 spiro atoms. The Balaban J connectivity index is 2.06. The topological polar surface area (TPSA) is 35.8 Å². The van der Waals surface area contributed by atoms with Crippen LogP contribution in [0.4, 0.5) is 5.69 Å². The number of nitrogens with one attached hydrogen (secondary N) is 1. The van der Waals surface area contributed by atoms with E-state index in [1.165, 1.54) is 0 Å². The lowest BCUT2D eigenvalue weighted by Crippen LogP contribution is -2.06. The molecule has 2 aromatic rings. The third kappa shape index (κ3) is 3.74. The number of hydrogen-bond acceptors (Lipinski definition) is 2. The molecule has 0 saturated carbocycles. The second-order valence-electron chi connectivity index (χ2n) is 4.45. The number of halogens is 1. The van der Waals surface area contributed by atoms with Gasteiger partial charge in [0, 0.05) is 16.8 Å². The van der Waals surface area contributed by atoms with E-state index >= 15 is 0 Å². The highest BCUT2D eigenvalue weighted by Crippen LogP contribution is 2.22. The van der Waals surface area contributed by atoms with Gasteiger partial charge in [-0.25, -0.2) is 0 Å². The minimum atomic E-state index is 0.181. The molecule has 1 atom stereocenters. The van der Waals surface area contributed by atoms with Gasteiger partial charge in [-0.05, 0) is 42.3 Å². The minimum absolute atomic E-state index is 0.181. The van der Waals surface area contributed by atoms with Gasteiger partial charge in [0.1, 0.15) is 0 Å². The molecule has 3 heteroatoms. The summed E-state index contributed by atoms with van der Waals surface area (Å²) in [5, 5.41) is 12.8. The van der Waals surface area contributed by atoms with Crippen LogP contribution in [0.5, 0.6) is 0 Å². The number of benzene rings is 2. The van der Waals surface area contributed by atoms with Crippen LogP contribution in [0.15, 0.2) is 48.5 Å². The zero-order chi connectivity index (χ0) is 13.7. The Hall–Kier alpha value is -1.98. The van der Waals surface area contributed by atoms with E-state index in [2.05, 4.69) is 18.3 Å². The third-order valence-electron chi connectivity index (χ3n) is 2.97. The van der Waals surface area contributed by atoms with Gasteiger partial charge in [0.25, 0.3) is 0 Å². The third-order valence-corrected chi connectivity index (χ3v) is 3.20. The maximum Gasteiger partial charge on any atom is 0.0669 e. The number of hydrogen-bond donors (Lipinski definition) is 1. The van der Waals surface area contributed by atoms with Crippen LogP contribution in [0.1, 0.15) is 24.1 Å². The summed E-state index contributed by atoms with van der Waals surface area (Å²) >= 11 is 5.99. The molecule has 0 radical (unpaired) electrons. The summed E-state index contributed by atoms with van der Waals surface area (Å²) in [6.07, 6.45) is 0.449. The van der Waals surface area contributed by atoms with E-state index in [1.54, 1.807) is 0 Å². The van der Waals surface area contributed by atoms with Gasteiger partial charge in [-0.3, -0.25) is 0 Å². The standard InChI is InChI=1S/C16H15ClN2/c1-12(14-3-2-4-15(17)11-14)19-16-7-5-13(6-8-16)9-10-18/h2-8,11-12,19H,9H2,1H3. The van der Waals surface area contributed by atoms with E-state index < -0.39 is 0 Å². The monoisotopic (exact) mass is 270 g/mol. The Kier molecular flexibility index (Phi) is 4.43. The number of rotatable bonds is 4. The molecule has 0 aliphatic rings. The van der Waals surface area contributed by atoms with Gasteiger partial charge in [-0.15, -0.1) is 0 Å². The molecular weight excluding hydrogens is 256 g/mol. The van der Waals surface area contributed by atoms with Crippen LogP contribution in [0.2, 0.25) is 5.02 Å². The van der Waals surface area contributed by atoms with Gasteiger partial charge in [-0.1, -0.05) is 35.9 Å². The second-order valence-corrected chi connectivity index (χ2v) is 4.89. The summed E-state index contributed by atoms with van der Waals surface area (Å²) in [7, 11) is 0. The van der Waals surface area contributed by atoms with Gasteiger partial charge in [0.05, 0.1) is 12.5 Å². The van der Waals surface area contributed by atoms with Gasteiger partial charge < -0.3 is 5.32 Å². The van der Waals surface area contributed by atoms with Crippen LogP contribution in [0, 0.1) is 11.3 Å². The summed E-state index contributed by atoms with van der Waals surface area (Å²) in [4.78, 5) is 0. The maximum absolute atomic E-state index is 8.63. The predicted octanol–water partition coefficient (Wildman–Crippen LogP) is 4.58. The lowest BCUT2D eigenvalue weighted by molar-refractivity contribution is 0.885. The molecule has 2 nitrogen and oxygen atoms in total. The summed E-state index contributed by atoms with van der Waals surface area (Å²) in [5.41, 5.74) is 3.21. The van der Waals surface area contributed by atoms with Crippen LogP contribution >= 0.6 is 11.6 Å². The molecule has 1 N–H and O–H groups in total. The van der Waals surface area contributed by atoms with Crippen LogP contribution in [0.3, 0.4) is 0 Å². The Labute approximate surface area is 118 Å². The fraction of sp³-hybridized carbons (Fsp3) is 0.188. The largest absolute Gasteiger partial charge is 0.379 e. The van der Waals surface area contributed by atoms with E-state index in [4.69, 9.17) is 16.9 Å². The average molecular weight is 271 g/mol. The van der Waals surface area contributed by atoms with Crippen molar-refractivity contribution in [1.29, 1.82) is 5.26 Å². The fourth-order valence-electron chi connectivity index (χ4n) is 1.92. The Morgan fingerprint density at radius 1 is 1.21 bits per heavy atom. The molecule has 0 amide bonds. The summed E-state index contributed by atoms with van der Waals surface area (Å²) in [6, 6.07) is 18.1. The van der Waals surface area contributed by atoms with Gasteiger partial charge >= 0.3 is 0 Å². The predicted molar refractivity (Wildman–Crippen MR) is 79.2 cm³/mol. The minimum Gasteiger partial charge on any atom is -0.379 e. The van der Waals surface area contributed by atoms with Gasteiger partial charge in [-0.2, -0.15) is 5.26 Å². The van der Waals surface area contributed by atoms with Crippen molar-refractivity contribution in [3.63, 3.8) is 0 Å². The zero-order valence-corrected chi connectivity index (χ0v) is 11.5. The molecule has 0 fully saturated rings. The highest BCUT2D eigenvalue weighted by Gasteiger charge is 2.05. The highest BCUT2D eigenvalue weighted by molar-refractivity contribution is 6.30. The Bertz CT molecular complexity index is 584. The van der Waals surface area contributed by atoms with Crippen LogP contribution < -0.4 is 5.32 Å². The van der Waals surface area contributed by atoms with Crippen LogP contribution in [-0.4, -0.2) is 0 Å². The van der Waals surface area contributed by atoms with E-state index in [-0.39, 0.29) is 6.04 Å². The smallest absolute Gasteiger partial charge is 0.0669 e. The molecule has 2 rings (SSSR count). The lowest BCUT2D eigenvalue weighted by Gasteiger charge is -2.16. The molecule has 0 aliphatic heterocycles. The van der Waals surface area contributed by atoms with Gasteiger partial charge in [0.2, 0.25) is 0 Å². The first-order chi connectivity index (χ1) is 9.19. The summed E-state index contributed by atoms with van der Waals surface area (Å²) < 4.78 is 0. The summed E-state index contributed by atoms with van der Waals surface area (Å²) in [5.74, 6) is 0. The zero-order valence-electron chi connectivity index (χ0n) is 10.7. The average Bonchev–Trinajstić information content (AvgIpc) is 2.41. The number of nitriles is 1. The van der Waals surface area contributed by atoms with Gasteiger partial charge in [0.15, 0.2) is 0 Å². The lowest BCUT2D eigenvalue weighted by atomic mass is 10.1. The molecule has 1 unspecified atom stereocenters. The molecule has 0 aliphatic carbocycles. The van der Waals surface area contributed by atoms with Crippen molar-refractivity contribution in [2.45, 2.75) is 19.4 Å². The fourth-order valence-corrected chi connectivity index (χ4v) is 2.12.